The van der Waals surface area contributed by atoms with Crippen LogP contribution in [0.2, 0.25) is 0 Å². The summed E-state index contributed by atoms with van der Waals surface area (Å²) in [4.78, 5) is 22.5. The standard InChI is InChI=1S/C25H32N6O.HI/c1-26-25(28-14-12-20-10-7-11-22(18-20)24(32)30(2)3)29-15-13-23-27-16-17-31(23)19-21-8-5-4-6-9-21;/h4-11,16-18H,12-15,19H2,1-3H3,(H2,26,28,29);1H. The molecule has 1 aromatic heterocycles. The monoisotopic (exact) mass is 560 g/mol. The number of aromatic nitrogens is 2. The maximum atomic E-state index is 12.1. The zero-order chi connectivity index (χ0) is 22.8. The van der Waals surface area contributed by atoms with Crippen molar-refractivity contribution in [1.29, 1.82) is 0 Å². The van der Waals surface area contributed by atoms with Crippen LogP contribution in [0.25, 0.3) is 0 Å². The van der Waals surface area contributed by atoms with Gasteiger partial charge < -0.3 is 20.1 Å². The minimum Gasteiger partial charge on any atom is -0.356 e. The van der Waals surface area contributed by atoms with E-state index in [1.54, 1.807) is 26.0 Å². The molecular formula is C25H33IN6O. The van der Waals surface area contributed by atoms with Crippen LogP contribution >= 0.6 is 24.0 Å². The van der Waals surface area contributed by atoms with Gasteiger partial charge in [-0.25, -0.2) is 4.98 Å². The molecular weight excluding hydrogens is 527 g/mol. The molecule has 0 unspecified atom stereocenters. The number of carbonyl (C=O) groups is 1. The highest BCUT2D eigenvalue weighted by molar-refractivity contribution is 14.0. The second kappa shape index (κ2) is 13.6. The molecule has 0 aliphatic rings. The van der Waals surface area contributed by atoms with Crippen molar-refractivity contribution in [2.24, 2.45) is 4.99 Å². The number of guanidine groups is 1. The lowest BCUT2D eigenvalue weighted by Crippen LogP contribution is -2.39. The Kier molecular flexibility index (Phi) is 10.9. The SMILES string of the molecule is CN=C(NCCc1cccc(C(=O)N(C)C)c1)NCCc1nccn1Cc1ccccc1.I. The van der Waals surface area contributed by atoms with Crippen molar-refractivity contribution in [3.63, 3.8) is 0 Å². The van der Waals surface area contributed by atoms with E-state index in [2.05, 4.69) is 49.4 Å². The molecule has 0 fully saturated rings. The van der Waals surface area contributed by atoms with E-state index in [1.165, 1.54) is 5.56 Å². The number of imidazole rings is 1. The Balaban J connectivity index is 0.00000385. The van der Waals surface area contributed by atoms with E-state index in [0.29, 0.717) is 5.56 Å². The number of nitrogens with one attached hydrogen (secondary N) is 2. The van der Waals surface area contributed by atoms with Gasteiger partial charge in [-0.1, -0.05) is 42.5 Å². The molecule has 1 amide bonds. The Hall–Kier alpha value is -2.88. The molecule has 0 radical (unpaired) electrons. The van der Waals surface area contributed by atoms with Gasteiger partial charge in [0.2, 0.25) is 0 Å². The van der Waals surface area contributed by atoms with Crippen molar-refractivity contribution in [3.8, 4) is 0 Å². The number of aliphatic imine (C=N–C) groups is 1. The Morgan fingerprint density at radius 1 is 1.00 bits per heavy atom. The van der Waals surface area contributed by atoms with E-state index in [-0.39, 0.29) is 29.9 Å². The van der Waals surface area contributed by atoms with Crippen LogP contribution in [0.3, 0.4) is 0 Å². The second-order valence-corrected chi connectivity index (χ2v) is 7.78. The smallest absolute Gasteiger partial charge is 0.253 e. The van der Waals surface area contributed by atoms with E-state index < -0.39 is 0 Å². The number of benzene rings is 2. The van der Waals surface area contributed by atoms with Gasteiger partial charge in [-0.2, -0.15) is 0 Å². The fourth-order valence-corrected chi connectivity index (χ4v) is 3.45. The van der Waals surface area contributed by atoms with Gasteiger partial charge in [-0.05, 0) is 29.7 Å². The zero-order valence-electron chi connectivity index (χ0n) is 19.5. The first kappa shape index (κ1) is 26.4. The zero-order valence-corrected chi connectivity index (χ0v) is 21.8. The number of carbonyl (C=O) groups excluding carboxylic acids is 1. The number of hydrogen-bond donors (Lipinski definition) is 2. The highest BCUT2D eigenvalue weighted by atomic mass is 127. The summed E-state index contributed by atoms with van der Waals surface area (Å²) in [6.07, 6.45) is 5.47. The molecule has 0 saturated heterocycles. The molecule has 7 nitrogen and oxygen atoms in total. The molecule has 0 spiro atoms. The van der Waals surface area contributed by atoms with Crippen LogP contribution in [0.4, 0.5) is 0 Å². The van der Waals surface area contributed by atoms with Crippen LogP contribution in [-0.2, 0) is 19.4 Å². The number of halogens is 1. The molecule has 0 atom stereocenters. The summed E-state index contributed by atoms with van der Waals surface area (Å²) in [5.41, 5.74) is 3.08. The topological polar surface area (TPSA) is 74.6 Å². The minimum absolute atomic E-state index is 0. The first-order chi connectivity index (χ1) is 15.6. The molecule has 0 saturated carbocycles. The molecule has 2 N–H and O–H groups in total. The van der Waals surface area contributed by atoms with Crippen LogP contribution in [-0.4, -0.2) is 60.6 Å². The summed E-state index contributed by atoms with van der Waals surface area (Å²) < 4.78 is 2.18. The third-order valence-electron chi connectivity index (χ3n) is 5.15. The highest BCUT2D eigenvalue weighted by Crippen LogP contribution is 2.08. The van der Waals surface area contributed by atoms with E-state index in [0.717, 1.165) is 49.8 Å². The van der Waals surface area contributed by atoms with E-state index in [9.17, 15) is 4.79 Å². The van der Waals surface area contributed by atoms with Gasteiger partial charge in [0.25, 0.3) is 5.91 Å². The Morgan fingerprint density at radius 3 is 2.39 bits per heavy atom. The van der Waals surface area contributed by atoms with Crippen LogP contribution in [0.5, 0.6) is 0 Å². The van der Waals surface area contributed by atoms with Crippen molar-refractivity contribution in [2.45, 2.75) is 19.4 Å². The fourth-order valence-electron chi connectivity index (χ4n) is 3.45. The fraction of sp³-hybridized carbons (Fsp3) is 0.320. The van der Waals surface area contributed by atoms with Gasteiger partial charge in [-0.3, -0.25) is 9.79 Å². The molecule has 0 aliphatic heterocycles. The molecule has 0 aliphatic carbocycles. The molecule has 3 rings (SSSR count). The lowest BCUT2D eigenvalue weighted by molar-refractivity contribution is 0.0827. The van der Waals surface area contributed by atoms with Crippen LogP contribution < -0.4 is 10.6 Å². The third-order valence-corrected chi connectivity index (χ3v) is 5.15. The Bertz CT molecular complexity index is 1030. The normalized spacial score (nSPS) is 10.9. The number of amides is 1. The Labute approximate surface area is 213 Å². The summed E-state index contributed by atoms with van der Waals surface area (Å²) >= 11 is 0. The van der Waals surface area contributed by atoms with Crippen molar-refractivity contribution in [3.05, 3.63) is 89.5 Å². The van der Waals surface area contributed by atoms with Gasteiger partial charge in [0.05, 0.1) is 0 Å². The highest BCUT2D eigenvalue weighted by Gasteiger charge is 2.08. The number of hydrogen-bond acceptors (Lipinski definition) is 3. The molecule has 8 heteroatoms. The predicted octanol–water partition coefficient (Wildman–Crippen LogP) is 3.20. The van der Waals surface area contributed by atoms with Gasteiger partial charge in [0.1, 0.15) is 5.82 Å². The predicted molar refractivity (Wildman–Crippen MR) is 144 cm³/mol. The molecule has 2 aromatic carbocycles. The van der Waals surface area contributed by atoms with Crippen molar-refractivity contribution in [2.75, 3.05) is 34.2 Å². The minimum atomic E-state index is 0. The van der Waals surface area contributed by atoms with Gasteiger partial charge in [0, 0.05) is 65.2 Å². The van der Waals surface area contributed by atoms with Crippen LogP contribution in [0.1, 0.15) is 27.3 Å². The van der Waals surface area contributed by atoms with Gasteiger partial charge >= 0.3 is 0 Å². The summed E-state index contributed by atoms with van der Waals surface area (Å²) in [5, 5.41) is 6.69. The van der Waals surface area contributed by atoms with Crippen LogP contribution in [0, 0.1) is 0 Å². The summed E-state index contributed by atoms with van der Waals surface area (Å²) in [7, 11) is 5.29. The van der Waals surface area contributed by atoms with Crippen LogP contribution in [0.15, 0.2) is 72.0 Å². The summed E-state index contributed by atoms with van der Waals surface area (Å²) in [6.45, 7) is 2.28. The first-order valence-electron chi connectivity index (χ1n) is 10.9. The lowest BCUT2D eigenvalue weighted by Gasteiger charge is -2.13. The molecule has 1 heterocycles. The number of nitrogens with zero attached hydrogens (tertiary/aromatic N) is 4. The first-order valence-corrected chi connectivity index (χ1v) is 10.9. The van der Waals surface area contributed by atoms with Crippen molar-refractivity contribution in [1.82, 2.24) is 25.1 Å². The van der Waals surface area contributed by atoms with E-state index >= 15 is 0 Å². The van der Waals surface area contributed by atoms with Crippen molar-refractivity contribution < 1.29 is 4.79 Å². The third kappa shape index (κ3) is 8.20. The molecule has 3 aromatic rings. The maximum Gasteiger partial charge on any atom is 0.253 e. The average Bonchev–Trinajstić information content (AvgIpc) is 3.25. The quantitative estimate of drug-likeness (QED) is 0.240. The Morgan fingerprint density at radius 2 is 1.70 bits per heavy atom. The number of rotatable bonds is 9. The second-order valence-electron chi connectivity index (χ2n) is 7.78. The molecule has 176 valence electrons. The summed E-state index contributed by atoms with van der Waals surface area (Å²) in [6, 6.07) is 18.2. The maximum absolute atomic E-state index is 12.1. The van der Waals surface area contributed by atoms with E-state index in [4.69, 9.17) is 0 Å². The van der Waals surface area contributed by atoms with Gasteiger partial charge in [0.15, 0.2) is 5.96 Å². The largest absolute Gasteiger partial charge is 0.356 e. The molecule has 33 heavy (non-hydrogen) atoms. The average molecular weight is 560 g/mol. The van der Waals surface area contributed by atoms with Gasteiger partial charge in [-0.15, -0.1) is 24.0 Å². The summed E-state index contributed by atoms with van der Waals surface area (Å²) in [5.74, 6) is 1.81. The molecule has 0 bridgehead atoms. The van der Waals surface area contributed by atoms with Crippen molar-refractivity contribution >= 4 is 35.8 Å². The lowest BCUT2D eigenvalue weighted by atomic mass is 10.1. The van der Waals surface area contributed by atoms with E-state index in [1.807, 2.05) is 42.7 Å².